The van der Waals surface area contributed by atoms with Crippen LogP contribution in [0.3, 0.4) is 0 Å². The average molecular weight is 650 g/mol. The van der Waals surface area contributed by atoms with Crippen LogP contribution >= 0.6 is 15.9 Å². The van der Waals surface area contributed by atoms with Crippen molar-refractivity contribution in [3.63, 3.8) is 0 Å². The third-order valence-corrected chi connectivity index (χ3v) is 9.24. The molecular weight excluding hydrogens is 612 g/mol. The van der Waals surface area contributed by atoms with Gasteiger partial charge < -0.3 is 14.0 Å². The van der Waals surface area contributed by atoms with E-state index in [0.717, 1.165) is 74.3 Å². The van der Waals surface area contributed by atoms with Crippen LogP contribution in [0.2, 0.25) is 0 Å². The molecule has 0 saturated heterocycles. The molecule has 1 unspecified atom stereocenters. The maximum Gasteiger partial charge on any atom is 0.388 e. The van der Waals surface area contributed by atoms with Crippen LogP contribution in [0.4, 0.5) is 0 Å². The number of ether oxygens (including phenoxy) is 1. The highest BCUT2D eigenvalue weighted by Crippen LogP contribution is 2.35. The van der Waals surface area contributed by atoms with E-state index in [1.807, 2.05) is 48.9 Å². The predicted molar refractivity (Wildman–Crippen MR) is 160 cm³/mol. The van der Waals surface area contributed by atoms with Crippen LogP contribution < -0.4 is 0 Å². The summed E-state index contributed by atoms with van der Waals surface area (Å²) < 4.78 is 38.0. The summed E-state index contributed by atoms with van der Waals surface area (Å²) in [5.41, 5.74) is 6.15. The van der Waals surface area contributed by atoms with E-state index in [1.54, 1.807) is 6.92 Å². The zero-order valence-corrected chi connectivity index (χ0v) is 26.1. The number of halogens is 1. The summed E-state index contributed by atoms with van der Waals surface area (Å²) in [5.74, 6) is -1.29. The first-order valence-electron chi connectivity index (χ1n) is 13.9. The smallest absolute Gasteiger partial charge is 0.388 e. The van der Waals surface area contributed by atoms with Crippen molar-refractivity contribution in [2.45, 2.75) is 71.9 Å². The molecular formula is C29H37BrN4O6S. The van der Waals surface area contributed by atoms with Gasteiger partial charge in [0.15, 0.2) is 0 Å². The molecule has 10 nitrogen and oxygen atoms in total. The fourth-order valence-corrected chi connectivity index (χ4v) is 6.45. The minimum atomic E-state index is -4.12. The zero-order valence-electron chi connectivity index (χ0n) is 23.7. The molecule has 0 spiro atoms. The first kappa shape index (κ1) is 31.0. The van der Waals surface area contributed by atoms with Crippen LogP contribution in [0, 0.1) is 13.8 Å². The molecule has 222 valence electrons. The van der Waals surface area contributed by atoms with Gasteiger partial charge in [0.2, 0.25) is 0 Å². The Morgan fingerprint density at radius 3 is 2.68 bits per heavy atom. The molecule has 0 saturated carbocycles. The number of aryl methyl sites for hydroxylation is 3. The van der Waals surface area contributed by atoms with Gasteiger partial charge in [-0.2, -0.15) is 12.7 Å². The Bertz CT molecular complexity index is 1520. The van der Waals surface area contributed by atoms with Gasteiger partial charge in [0, 0.05) is 37.0 Å². The van der Waals surface area contributed by atoms with Gasteiger partial charge in [0.05, 0.1) is 18.5 Å². The van der Waals surface area contributed by atoms with Crippen molar-refractivity contribution >= 4 is 43.2 Å². The van der Waals surface area contributed by atoms with E-state index in [-0.39, 0.29) is 38.0 Å². The highest BCUT2D eigenvalue weighted by atomic mass is 79.9. The average Bonchev–Trinajstić information content (AvgIpc) is 3.34. The fourth-order valence-electron chi connectivity index (χ4n) is 5.11. The molecule has 12 heteroatoms. The number of aliphatic hydroxyl groups is 1. The summed E-state index contributed by atoms with van der Waals surface area (Å²) in [5, 5.41) is 19.4. The lowest BCUT2D eigenvalue weighted by molar-refractivity contribution is -0.143. The lowest BCUT2D eigenvalue weighted by Crippen LogP contribution is -2.35. The van der Waals surface area contributed by atoms with Crippen LogP contribution in [0.1, 0.15) is 72.8 Å². The monoisotopic (exact) mass is 648 g/mol. The molecule has 0 radical (unpaired) electrons. The summed E-state index contributed by atoms with van der Waals surface area (Å²) in [7, 11) is -4.12. The second-order valence-corrected chi connectivity index (χ2v) is 12.5. The number of unbranched alkanes of at least 4 members (excludes halogenated alkanes) is 3. The zero-order chi connectivity index (χ0) is 29.6. The Morgan fingerprint density at radius 2 is 1.95 bits per heavy atom. The summed E-state index contributed by atoms with van der Waals surface area (Å²) in [4.78, 5) is 12.8. The van der Waals surface area contributed by atoms with Crippen molar-refractivity contribution in [1.29, 1.82) is 0 Å². The fraction of sp³-hybridized carbons (Fsp3) is 0.483. The Kier molecular flexibility index (Phi) is 10.4. The molecule has 1 atom stereocenters. The highest BCUT2D eigenvalue weighted by Gasteiger charge is 2.30. The van der Waals surface area contributed by atoms with Gasteiger partial charge in [-0.1, -0.05) is 58.3 Å². The molecule has 2 aromatic carbocycles. The van der Waals surface area contributed by atoms with Crippen LogP contribution in [-0.4, -0.2) is 57.3 Å². The summed E-state index contributed by atoms with van der Waals surface area (Å²) in [6, 6.07) is 9.86. The van der Waals surface area contributed by atoms with Crippen molar-refractivity contribution in [3.8, 4) is 0 Å². The number of aliphatic hydroxyl groups excluding tert-OH is 1. The molecule has 0 amide bonds. The number of rotatable bonds is 13. The number of hydrogen-bond acceptors (Lipinski definition) is 8. The van der Waals surface area contributed by atoms with Gasteiger partial charge in [-0.15, -0.1) is 5.10 Å². The van der Waals surface area contributed by atoms with Crippen molar-refractivity contribution in [1.82, 2.24) is 19.3 Å². The number of esters is 1. The van der Waals surface area contributed by atoms with Gasteiger partial charge in [-0.3, -0.25) is 4.79 Å². The minimum absolute atomic E-state index is 0.00790. The van der Waals surface area contributed by atoms with Gasteiger partial charge in [0.1, 0.15) is 5.52 Å². The van der Waals surface area contributed by atoms with Gasteiger partial charge in [-0.25, -0.2) is 4.68 Å². The number of hydrogen-bond donors (Lipinski definition) is 1. The lowest BCUT2D eigenvalue weighted by atomic mass is 9.84. The van der Waals surface area contributed by atoms with Crippen LogP contribution in [0.25, 0.3) is 11.0 Å². The number of aromatic nitrogens is 3. The van der Waals surface area contributed by atoms with Gasteiger partial charge in [0.25, 0.3) is 5.95 Å². The van der Waals surface area contributed by atoms with E-state index in [0.29, 0.717) is 0 Å². The van der Waals surface area contributed by atoms with E-state index in [1.165, 1.54) is 12.5 Å². The van der Waals surface area contributed by atoms with Gasteiger partial charge in [-0.05, 0) is 67.5 Å². The van der Waals surface area contributed by atoms with E-state index in [9.17, 15) is 18.3 Å². The largest absolute Gasteiger partial charge is 0.480 e. The Labute approximate surface area is 249 Å². The number of carbonyl (C=O) groups excluding carboxylic acids is 1. The van der Waals surface area contributed by atoms with Crippen LogP contribution in [0.5, 0.6) is 0 Å². The van der Waals surface area contributed by atoms with Crippen LogP contribution in [0.15, 0.2) is 42.4 Å². The predicted octanol–water partition coefficient (Wildman–Crippen LogP) is 5.56. The molecule has 3 aromatic rings. The normalized spacial score (nSPS) is 15.9. The Balaban J connectivity index is 1.67. The van der Waals surface area contributed by atoms with Crippen LogP contribution in [-0.2, 0) is 37.1 Å². The van der Waals surface area contributed by atoms with Crippen molar-refractivity contribution < 1.29 is 27.2 Å². The van der Waals surface area contributed by atoms with E-state index >= 15 is 0 Å². The maximum absolute atomic E-state index is 12.8. The first-order valence-corrected chi connectivity index (χ1v) is 16.4. The SMILES string of the molecule is CCOC(=O)CC(c1ccc(C)c(CN2CC=C(O)OS2(=O)=O)c1)c1ccc2c(nnn2CCCCCCBr)c1C. The molecule has 2 heterocycles. The first-order chi connectivity index (χ1) is 19.6. The second kappa shape index (κ2) is 13.8. The topological polar surface area (TPSA) is 124 Å². The molecule has 1 aliphatic rings. The molecule has 41 heavy (non-hydrogen) atoms. The van der Waals surface area contributed by atoms with Crippen molar-refractivity contribution in [2.24, 2.45) is 0 Å². The minimum Gasteiger partial charge on any atom is -0.480 e. The summed E-state index contributed by atoms with van der Waals surface area (Å²) in [6.45, 7) is 6.79. The molecule has 4 rings (SSSR count). The number of benzene rings is 2. The van der Waals surface area contributed by atoms with E-state index in [2.05, 4.69) is 30.4 Å². The molecule has 1 N–H and O–H groups in total. The quantitative estimate of drug-likeness (QED) is 0.145. The molecule has 0 fully saturated rings. The lowest BCUT2D eigenvalue weighted by Gasteiger charge is -2.25. The Hall–Kier alpha value is -2.96. The number of alkyl halides is 1. The van der Waals surface area contributed by atoms with Crippen molar-refractivity contribution in [2.75, 3.05) is 18.5 Å². The van der Waals surface area contributed by atoms with E-state index in [4.69, 9.17) is 4.74 Å². The molecule has 0 aliphatic carbocycles. The standard InChI is InChI=1S/C29H37BrN4O6S/c1-4-39-28(36)18-25(22-10-9-20(2)23(17-22)19-33-16-13-27(35)40-41(33,37)38)24-11-12-26-29(21(24)3)31-32-34(26)15-8-6-5-7-14-30/h9-13,17,25,35H,4-8,14-16,18-19H2,1-3H3. The van der Waals surface area contributed by atoms with Crippen molar-refractivity contribution in [3.05, 3.63) is 70.2 Å². The molecule has 1 aliphatic heterocycles. The summed E-state index contributed by atoms with van der Waals surface area (Å²) in [6.07, 6.45) is 5.90. The maximum atomic E-state index is 12.8. The number of fused-ring (bicyclic) bond motifs is 1. The second-order valence-electron chi connectivity index (χ2n) is 10.2. The number of nitrogens with zero attached hydrogens (tertiary/aromatic N) is 4. The van der Waals surface area contributed by atoms with E-state index < -0.39 is 16.2 Å². The third-order valence-electron chi connectivity index (χ3n) is 7.39. The Morgan fingerprint density at radius 1 is 1.17 bits per heavy atom. The summed E-state index contributed by atoms with van der Waals surface area (Å²) >= 11 is 3.48. The number of carbonyl (C=O) groups is 1. The van der Waals surface area contributed by atoms with Gasteiger partial charge >= 0.3 is 16.3 Å². The molecule has 0 bridgehead atoms. The molecule has 1 aromatic heterocycles. The third kappa shape index (κ3) is 7.47. The highest BCUT2D eigenvalue weighted by molar-refractivity contribution is 9.09.